The molecule has 8 bridgehead atoms. The first-order valence-corrected chi connectivity index (χ1v) is 16.9. The van der Waals surface area contributed by atoms with Crippen molar-refractivity contribution in [3.63, 3.8) is 0 Å². The lowest BCUT2D eigenvalue weighted by Gasteiger charge is -2.17. The number of fused-ring (bicyclic) bond motifs is 4. The van der Waals surface area contributed by atoms with Crippen molar-refractivity contribution in [1.82, 2.24) is 0 Å². The fraction of sp³-hybridized carbons (Fsp3) is 0. The zero-order chi connectivity index (χ0) is 36.4. The average molecular weight is 700 g/mol. The second-order valence-electron chi connectivity index (χ2n) is 12.4. The van der Waals surface area contributed by atoms with Crippen LogP contribution in [-0.4, -0.2) is 30.1 Å². The van der Waals surface area contributed by atoms with E-state index in [0.717, 1.165) is 90.2 Å². The van der Waals surface area contributed by atoms with E-state index < -0.39 is 7.25 Å². The third kappa shape index (κ3) is 7.36. The van der Waals surface area contributed by atoms with E-state index in [2.05, 4.69) is 133 Å². The van der Waals surface area contributed by atoms with Gasteiger partial charge in [-0.2, -0.15) is 0 Å². The minimum Gasteiger partial charge on any atom is -0.418 e. The molecule has 4 aromatic carbocycles. The van der Waals surface area contributed by atoms with Gasteiger partial charge >= 0.3 is 7.25 Å². The summed E-state index contributed by atoms with van der Waals surface area (Å²) in [6, 6.07) is 42.1. The Labute approximate surface area is 303 Å². The van der Waals surface area contributed by atoms with Crippen molar-refractivity contribution in [2.24, 2.45) is 20.0 Å². The molecule has 0 unspecified atom stereocenters. The number of nitrogens with zero attached hydrogens (tertiary/aromatic N) is 4. The van der Waals surface area contributed by atoms with Gasteiger partial charge in [-0.05, 0) is 70.9 Å². The van der Waals surface area contributed by atoms with Crippen LogP contribution in [0.4, 0.5) is 17.3 Å². The summed E-state index contributed by atoms with van der Waals surface area (Å²) in [5.41, 5.74) is 15.3. The second kappa shape index (κ2) is 14.1. The lowest BCUT2D eigenvalue weighted by Crippen LogP contribution is -2.07. The summed E-state index contributed by atoms with van der Waals surface area (Å²) in [6.07, 6.45) is 16.5. The molecule has 0 aliphatic carbocycles. The van der Waals surface area contributed by atoms with Crippen molar-refractivity contribution < 1.29 is 17.3 Å². The highest BCUT2D eigenvalue weighted by atomic mass is 19.5. The highest BCUT2D eigenvalue weighted by Crippen LogP contribution is 2.46. The molecule has 0 radical (unpaired) electrons. The SMILES string of the molecule is C1=CC2=NC1=CC1=NC(=C(c3ccccc3)C3=NC(=CC4=NC(=C2)C=C4)C=C3c2ccccc2)C(c2ccccc2)=C1c1ccccc1.F[B-](F)(F)F. The number of halogens is 4. The third-order valence-electron chi connectivity index (χ3n) is 8.75. The molecule has 4 aromatic rings. The number of hydrogen-bond donors (Lipinski definition) is 0. The van der Waals surface area contributed by atoms with Gasteiger partial charge in [0.2, 0.25) is 0 Å². The maximum absolute atomic E-state index is 9.75. The van der Waals surface area contributed by atoms with E-state index in [-0.39, 0.29) is 0 Å². The lowest BCUT2D eigenvalue weighted by atomic mass is 9.86. The van der Waals surface area contributed by atoms with Crippen LogP contribution in [0.1, 0.15) is 22.3 Å². The molecule has 0 aromatic heterocycles. The molecular weight excluding hydrogens is 671 g/mol. The lowest BCUT2D eigenvalue weighted by molar-refractivity contribution is 0.368. The van der Waals surface area contributed by atoms with E-state index in [0.29, 0.717) is 0 Å². The Balaban J connectivity index is 0.000000752. The Kier molecular flexibility index (Phi) is 8.90. The molecule has 0 saturated carbocycles. The molecule has 9 heteroatoms. The van der Waals surface area contributed by atoms with Gasteiger partial charge in [-0.15, -0.1) is 0 Å². The van der Waals surface area contributed by atoms with Crippen molar-refractivity contribution in [2.75, 3.05) is 0 Å². The van der Waals surface area contributed by atoms with Gasteiger partial charge in [0.1, 0.15) is 0 Å². The topological polar surface area (TPSA) is 49.4 Å². The van der Waals surface area contributed by atoms with Crippen LogP contribution in [0.5, 0.6) is 0 Å². The van der Waals surface area contributed by atoms with Crippen LogP contribution in [0, 0.1) is 0 Å². The fourth-order valence-electron chi connectivity index (χ4n) is 6.63. The molecule has 5 aliphatic heterocycles. The minimum absolute atomic E-state index is 0.839. The summed E-state index contributed by atoms with van der Waals surface area (Å²) < 4.78 is 39.0. The van der Waals surface area contributed by atoms with Gasteiger partial charge in [-0.3, -0.25) is 0 Å². The van der Waals surface area contributed by atoms with Crippen LogP contribution in [-0.2, 0) is 0 Å². The zero-order valence-corrected chi connectivity index (χ0v) is 28.0. The molecule has 256 valence electrons. The van der Waals surface area contributed by atoms with Gasteiger partial charge in [0.05, 0.1) is 45.6 Å². The number of aliphatic imine (C=N–C) groups is 4. The molecule has 53 heavy (non-hydrogen) atoms. The molecule has 9 rings (SSSR count). The molecule has 5 heterocycles. The summed E-state index contributed by atoms with van der Waals surface area (Å²) >= 11 is 0. The molecule has 4 nitrogen and oxygen atoms in total. The van der Waals surface area contributed by atoms with Crippen molar-refractivity contribution in [3.8, 4) is 0 Å². The fourth-order valence-corrected chi connectivity index (χ4v) is 6.63. The molecule has 5 aliphatic rings. The Bertz CT molecular complexity index is 2490. The summed E-state index contributed by atoms with van der Waals surface area (Å²) in [5, 5.41) is 0. The molecule has 0 spiro atoms. The van der Waals surface area contributed by atoms with Crippen LogP contribution >= 0.6 is 0 Å². The van der Waals surface area contributed by atoms with Crippen molar-refractivity contribution in [3.05, 3.63) is 215 Å². The van der Waals surface area contributed by atoms with E-state index in [4.69, 9.17) is 20.0 Å². The first-order valence-electron chi connectivity index (χ1n) is 16.9. The van der Waals surface area contributed by atoms with Gasteiger partial charge in [0, 0.05) is 22.3 Å². The van der Waals surface area contributed by atoms with Gasteiger partial charge in [-0.1, -0.05) is 121 Å². The highest BCUT2D eigenvalue weighted by Gasteiger charge is 2.33. The summed E-state index contributed by atoms with van der Waals surface area (Å²) in [4.78, 5) is 20.8. The minimum atomic E-state index is -6.00. The smallest absolute Gasteiger partial charge is 0.418 e. The van der Waals surface area contributed by atoms with E-state index in [1.165, 1.54) is 0 Å². The van der Waals surface area contributed by atoms with Crippen molar-refractivity contribution >= 4 is 52.4 Å². The Morgan fingerprint density at radius 2 is 0.811 bits per heavy atom. The molecule has 0 saturated heterocycles. The quantitative estimate of drug-likeness (QED) is 0.150. The Morgan fingerprint density at radius 1 is 0.377 bits per heavy atom. The van der Waals surface area contributed by atoms with Crippen LogP contribution < -0.4 is 0 Å². The average Bonchev–Trinajstić information content (AvgIpc) is 3.97. The second-order valence-corrected chi connectivity index (χ2v) is 12.4. The predicted octanol–water partition coefficient (Wildman–Crippen LogP) is 11.0. The number of benzene rings is 4. The van der Waals surface area contributed by atoms with E-state index in [1.54, 1.807) is 0 Å². The highest BCUT2D eigenvalue weighted by molar-refractivity contribution is 6.51. The van der Waals surface area contributed by atoms with Crippen LogP contribution in [0.15, 0.2) is 213 Å². The number of rotatable bonds is 4. The first-order chi connectivity index (χ1) is 25.8. The standard InChI is InChI=1S/C44H28N4.BF4/c1-5-13-29(14-6-1)38-27-37-26-35-22-21-33(45-35)25-34-23-24-36(46-34)28-39-40(30-15-7-2-8-16-30)41(31-17-9-3-10-18-31)44(48-39)42(43(38)47-37)32-19-11-4-12-20-32;2-1(3,4)5/h1-28H;/q;-1. The summed E-state index contributed by atoms with van der Waals surface area (Å²) in [5.74, 6) is 0. The number of allylic oxidation sites excluding steroid dienone is 12. The zero-order valence-electron chi connectivity index (χ0n) is 28.0. The Morgan fingerprint density at radius 3 is 1.34 bits per heavy atom. The molecule has 0 fully saturated rings. The first kappa shape index (κ1) is 33.4. The normalized spacial score (nSPS) is 17.3. The molecule has 0 N–H and O–H groups in total. The van der Waals surface area contributed by atoms with Gasteiger partial charge in [-0.25, -0.2) is 20.0 Å². The van der Waals surface area contributed by atoms with Crippen molar-refractivity contribution in [1.29, 1.82) is 0 Å². The van der Waals surface area contributed by atoms with E-state index in [9.17, 15) is 17.3 Å². The summed E-state index contributed by atoms with van der Waals surface area (Å²) in [6.45, 7) is 0. The molecular formula is C44H28BF4N4-. The largest absolute Gasteiger partial charge is 0.673 e. The third-order valence-corrected chi connectivity index (χ3v) is 8.75. The van der Waals surface area contributed by atoms with Crippen molar-refractivity contribution in [2.45, 2.75) is 0 Å². The van der Waals surface area contributed by atoms with Gasteiger partial charge in [0.25, 0.3) is 0 Å². The predicted molar refractivity (Wildman–Crippen MR) is 210 cm³/mol. The molecule has 0 atom stereocenters. The number of hydrogen-bond acceptors (Lipinski definition) is 4. The van der Waals surface area contributed by atoms with E-state index >= 15 is 0 Å². The summed E-state index contributed by atoms with van der Waals surface area (Å²) in [7, 11) is -6.00. The van der Waals surface area contributed by atoms with Crippen LogP contribution in [0.2, 0.25) is 0 Å². The maximum Gasteiger partial charge on any atom is 0.673 e. The van der Waals surface area contributed by atoms with E-state index in [1.807, 2.05) is 36.4 Å². The molecule has 0 amide bonds. The van der Waals surface area contributed by atoms with Gasteiger partial charge in [0.15, 0.2) is 0 Å². The monoisotopic (exact) mass is 699 g/mol. The maximum atomic E-state index is 9.75. The Hall–Kier alpha value is -6.74. The van der Waals surface area contributed by atoms with Crippen LogP contribution in [0.3, 0.4) is 0 Å². The van der Waals surface area contributed by atoms with Gasteiger partial charge < -0.3 is 17.3 Å². The van der Waals surface area contributed by atoms with Crippen LogP contribution in [0.25, 0.3) is 22.3 Å².